The molecule has 0 bridgehead atoms. The standard InChI is InChI=1S/C10H11N/c1-8-7-11(2)10-6-4-3-5-9(8)10/h3-7H,1-2H3/i1D3. The number of fused-ring (bicyclic) bond motifs is 1. The van der Waals surface area contributed by atoms with Crippen molar-refractivity contribution in [1.82, 2.24) is 4.57 Å². The van der Waals surface area contributed by atoms with Gasteiger partial charge in [0.2, 0.25) is 0 Å². The number of aryl methyl sites for hydroxylation is 2. The van der Waals surface area contributed by atoms with Crippen LogP contribution >= 0.6 is 0 Å². The lowest BCUT2D eigenvalue weighted by Gasteiger charge is -1.92. The van der Waals surface area contributed by atoms with E-state index >= 15 is 0 Å². The molecule has 0 radical (unpaired) electrons. The van der Waals surface area contributed by atoms with Gasteiger partial charge in [-0.15, -0.1) is 0 Å². The molecule has 56 valence electrons. The Balaban J connectivity index is 2.80. The van der Waals surface area contributed by atoms with Crippen molar-refractivity contribution in [3.05, 3.63) is 36.0 Å². The highest BCUT2D eigenvalue weighted by atomic mass is 14.9. The van der Waals surface area contributed by atoms with Gasteiger partial charge in [-0.3, -0.25) is 0 Å². The first-order chi connectivity index (χ1) is 6.50. The summed E-state index contributed by atoms with van der Waals surface area (Å²) in [4.78, 5) is 0. The van der Waals surface area contributed by atoms with Crippen LogP contribution in [0.2, 0.25) is 0 Å². The molecular weight excluding hydrogens is 134 g/mol. The van der Waals surface area contributed by atoms with E-state index in [1.807, 2.05) is 35.9 Å². The van der Waals surface area contributed by atoms with E-state index in [1.54, 1.807) is 6.20 Å². The van der Waals surface area contributed by atoms with Gasteiger partial charge in [0.05, 0.1) is 0 Å². The lowest BCUT2D eigenvalue weighted by Crippen LogP contribution is -1.81. The van der Waals surface area contributed by atoms with Gasteiger partial charge >= 0.3 is 0 Å². The van der Waals surface area contributed by atoms with Crippen LogP contribution in [0, 0.1) is 6.85 Å². The molecule has 0 atom stereocenters. The van der Waals surface area contributed by atoms with Gasteiger partial charge in [0, 0.05) is 28.3 Å². The van der Waals surface area contributed by atoms with E-state index in [4.69, 9.17) is 4.11 Å². The summed E-state index contributed by atoms with van der Waals surface area (Å²) in [5, 5.41) is 0.815. The van der Waals surface area contributed by atoms with Gasteiger partial charge in [0.1, 0.15) is 0 Å². The summed E-state index contributed by atoms with van der Waals surface area (Å²) < 4.78 is 24.0. The summed E-state index contributed by atoms with van der Waals surface area (Å²) in [7, 11) is 1.86. The Morgan fingerprint density at radius 3 is 3.00 bits per heavy atom. The van der Waals surface area contributed by atoms with Crippen molar-refractivity contribution in [3.63, 3.8) is 0 Å². The summed E-state index contributed by atoms with van der Waals surface area (Å²) in [5.74, 6) is 0. The molecule has 1 aromatic heterocycles. The number of rotatable bonds is 0. The van der Waals surface area contributed by atoms with Crippen LogP contribution in [0.4, 0.5) is 0 Å². The minimum absolute atomic E-state index is 0.426. The van der Waals surface area contributed by atoms with Gasteiger partial charge in [-0.25, -0.2) is 0 Å². The van der Waals surface area contributed by atoms with Crippen molar-refractivity contribution in [2.45, 2.75) is 6.85 Å². The zero-order valence-electron chi connectivity index (χ0n) is 9.33. The molecule has 1 nitrogen and oxygen atoms in total. The summed E-state index contributed by atoms with van der Waals surface area (Å²) in [6, 6.07) is 7.53. The van der Waals surface area contributed by atoms with Gasteiger partial charge in [-0.2, -0.15) is 0 Å². The number of benzene rings is 1. The van der Waals surface area contributed by atoms with Crippen LogP contribution in [0.15, 0.2) is 30.5 Å². The third-order valence-electron chi connectivity index (χ3n) is 1.90. The summed E-state index contributed by atoms with van der Waals surface area (Å²) in [5.41, 5.74) is 1.38. The predicted octanol–water partition coefficient (Wildman–Crippen LogP) is 2.49. The Labute approximate surface area is 70.5 Å². The highest BCUT2D eigenvalue weighted by Crippen LogP contribution is 2.18. The minimum Gasteiger partial charge on any atom is -0.350 e. The van der Waals surface area contributed by atoms with Crippen LogP contribution in [-0.2, 0) is 7.05 Å². The second-order valence-electron chi connectivity index (χ2n) is 2.67. The fraction of sp³-hybridized carbons (Fsp3) is 0.200. The highest BCUT2D eigenvalue weighted by molar-refractivity contribution is 5.83. The van der Waals surface area contributed by atoms with Crippen LogP contribution in [0.1, 0.15) is 9.68 Å². The predicted molar refractivity (Wildman–Crippen MR) is 47.7 cm³/mol. The Bertz CT molecular complexity index is 468. The van der Waals surface area contributed by atoms with Gasteiger partial charge in [-0.1, -0.05) is 18.2 Å². The van der Waals surface area contributed by atoms with Crippen LogP contribution in [0.3, 0.4) is 0 Å². The molecule has 0 unspecified atom stereocenters. The maximum absolute atomic E-state index is 7.39. The van der Waals surface area contributed by atoms with E-state index in [0.717, 1.165) is 10.9 Å². The highest BCUT2D eigenvalue weighted by Gasteiger charge is 1.98. The quantitative estimate of drug-likeness (QED) is 0.541. The van der Waals surface area contributed by atoms with Crippen LogP contribution in [0.5, 0.6) is 0 Å². The first-order valence-electron chi connectivity index (χ1n) is 5.05. The molecule has 0 spiro atoms. The van der Waals surface area contributed by atoms with Gasteiger partial charge in [0.15, 0.2) is 0 Å². The Hall–Kier alpha value is -1.24. The van der Waals surface area contributed by atoms with E-state index in [0.29, 0.717) is 5.56 Å². The molecule has 0 saturated carbocycles. The molecule has 0 fully saturated rings. The van der Waals surface area contributed by atoms with Crippen molar-refractivity contribution in [2.75, 3.05) is 0 Å². The van der Waals surface area contributed by atoms with E-state index in [1.165, 1.54) is 0 Å². The van der Waals surface area contributed by atoms with Crippen molar-refractivity contribution >= 4 is 10.9 Å². The second-order valence-corrected chi connectivity index (χ2v) is 2.67. The smallest absolute Gasteiger partial charge is 0.0480 e. The Morgan fingerprint density at radius 2 is 2.18 bits per heavy atom. The third-order valence-corrected chi connectivity index (χ3v) is 1.90. The SMILES string of the molecule is [2H]C([2H])([2H])c1cn(C)c2ccccc12. The summed E-state index contributed by atoms with van der Waals surface area (Å²) in [6.45, 7) is -2.03. The summed E-state index contributed by atoms with van der Waals surface area (Å²) in [6.07, 6.45) is 1.68. The fourth-order valence-electron chi connectivity index (χ4n) is 1.34. The van der Waals surface area contributed by atoms with E-state index in [-0.39, 0.29) is 0 Å². The lowest BCUT2D eigenvalue weighted by molar-refractivity contribution is 0.964. The number of hydrogen-bond acceptors (Lipinski definition) is 0. The lowest BCUT2D eigenvalue weighted by atomic mass is 10.2. The largest absolute Gasteiger partial charge is 0.350 e. The summed E-state index contributed by atoms with van der Waals surface area (Å²) >= 11 is 0. The first kappa shape index (κ1) is 3.96. The van der Waals surface area contributed by atoms with E-state index in [2.05, 4.69) is 0 Å². The molecule has 1 aromatic carbocycles. The average Bonchev–Trinajstić information content (AvgIpc) is 2.44. The molecule has 2 aromatic rings. The maximum atomic E-state index is 7.39. The molecule has 0 saturated heterocycles. The van der Waals surface area contributed by atoms with Gasteiger partial charge in [-0.05, 0) is 18.5 Å². The molecule has 1 heteroatoms. The van der Waals surface area contributed by atoms with Crippen molar-refractivity contribution in [1.29, 1.82) is 0 Å². The number of para-hydroxylation sites is 1. The zero-order chi connectivity index (χ0) is 10.3. The first-order valence-corrected chi connectivity index (χ1v) is 3.55. The molecule has 0 aliphatic carbocycles. The van der Waals surface area contributed by atoms with E-state index in [9.17, 15) is 0 Å². The molecular formula is C10H11N. The molecule has 1 heterocycles. The van der Waals surface area contributed by atoms with Crippen molar-refractivity contribution in [2.24, 2.45) is 7.05 Å². The average molecular weight is 148 g/mol. The van der Waals surface area contributed by atoms with Gasteiger partial charge < -0.3 is 4.57 Å². The Kier molecular flexibility index (Phi) is 0.764. The zero-order valence-corrected chi connectivity index (χ0v) is 6.33. The minimum atomic E-state index is -2.03. The van der Waals surface area contributed by atoms with Crippen molar-refractivity contribution in [3.8, 4) is 0 Å². The Morgan fingerprint density at radius 1 is 1.36 bits per heavy atom. The second kappa shape index (κ2) is 2.12. The molecule has 2 rings (SSSR count). The molecule has 0 aliphatic rings. The molecule has 0 amide bonds. The molecule has 0 aliphatic heterocycles. The maximum Gasteiger partial charge on any atom is 0.0480 e. The monoisotopic (exact) mass is 148 g/mol. The molecule has 11 heavy (non-hydrogen) atoms. The van der Waals surface area contributed by atoms with Crippen LogP contribution in [-0.4, -0.2) is 4.57 Å². The topological polar surface area (TPSA) is 4.93 Å². The van der Waals surface area contributed by atoms with Crippen LogP contribution in [0.25, 0.3) is 10.9 Å². The third kappa shape index (κ3) is 0.845. The van der Waals surface area contributed by atoms with Crippen LogP contribution < -0.4 is 0 Å². The number of aromatic nitrogens is 1. The van der Waals surface area contributed by atoms with E-state index < -0.39 is 6.85 Å². The number of nitrogens with zero attached hydrogens (tertiary/aromatic N) is 1. The molecule has 0 N–H and O–H groups in total. The van der Waals surface area contributed by atoms with Gasteiger partial charge in [0.25, 0.3) is 0 Å². The van der Waals surface area contributed by atoms with Crippen molar-refractivity contribution < 1.29 is 4.11 Å². The number of hydrogen-bond donors (Lipinski definition) is 0. The fourth-order valence-corrected chi connectivity index (χ4v) is 1.34. The normalized spacial score (nSPS) is 15.9.